The minimum Gasteiger partial charge on any atom is -0.480 e. The Balaban J connectivity index is 1.50. The van der Waals surface area contributed by atoms with Crippen molar-refractivity contribution < 1.29 is 19.5 Å². The first kappa shape index (κ1) is 24.5. The molecule has 1 saturated heterocycles. The molecule has 36 heavy (non-hydrogen) atoms. The zero-order valence-electron chi connectivity index (χ0n) is 19.8. The number of carbonyl (C=O) groups excluding carboxylic acids is 2. The SMILES string of the molecule is [C-]#[N+]C1=C(C)/C(=C/c2ccc(N=Nc3ccc(N4CCCCC4)cc3)cc2)C(=O)N(CC(=O)O)C1=O. The van der Waals surface area contributed by atoms with Crippen LogP contribution in [0.5, 0.6) is 0 Å². The zero-order chi connectivity index (χ0) is 25.7. The summed E-state index contributed by atoms with van der Waals surface area (Å²) < 4.78 is 0. The number of benzene rings is 2. The molecule has 2 amide bonds. The smallest absolute Gasteiger partial charge is 0.323 e. The molecule has 0 radical (unpaired) electrons. The number of amides is 2. The topological polar surface area (TPSA) is 107 Å². The van der Waals surface area contributed by atoms with Gasteiger partial charge in [-0.1, -0.05) is 12.1 Å². The number of rotatable bonds is 6. The maximum atomic E-state index is 12.8. The van der Waals surface area contributed by atoms with E-state index in [0.717, 1.165) is 18.8 Å². The number of aliphatic carboxylic acids is 1. The molecular formula is C27H25N5O4. The van der Waals surface area contributed by atoms with E-state index in [1.54, 1.807) is 24.3 Å². The Kier molecular flexibility index (Phi) is 7.35. The van der Waals surface area contributed by atoms with E-state index in [1.165, 1.54) is 37.9 Å². The summed E-state index contributed by atoms with van der Waals surface area (Å²) >= 11 is 0. The quantitative estimate of drug-likeness (QED) is 0.266. The van der Waals surface area contributed by atoms with Gasteiger partial charge in [-0.25, -0.2) is 4.85 Å². The highest BCUT2D eigenvalue weighted by atomic mass is 16.4. The number of anilines is 1. The third-order valence-electron chi connectivity index (χ3n) is 6.14. The third kappa shape index (κ3) is 5.39. The Labute approximate surface area is 208 Å². The standard InChI is InChI=1S/C27H25N5O4/c1-18-23(26(35)32(17-24(33)34)27(36)25(18)28-2)16-19-6-8-20(9-7-19)29-30-21-10-12-22(13-11-21)31-14-4-3-5-15-31/h6-13,16H,3-5,14-15,17H2,1H3,(H,33,34)/b23-16-,30-29?. The van der Waals surface area contributed by atoms with E-state index in [2.05, 4.69) is 32.1 Å². The first-order valence-corrected chi connectivity index (χ1v) is 11.6. The van der Waals surface area contributed by atoms with E-state index in [4.69, 9.17) is 11.7 Å². The second-order valence-electron chi connectivity index (χ2n) is 8.59. The number of hydrogen-bond donors (Lipinski definition) is 1. The Morgan fingerprint density at radius 3 is 2.11 bits per heavy atom. The van der Waals surface area contributed by atoms with Crippen LogP contribution < -0.4 is 4.90 Å². The van der Waals surface area contributed by atoms with E-state index in [9.17, 15) is 14.4 Å². The molecule has 0 saturated carbocycles. The zero-order valence-corrected chi connectivity index (χ0v) is 19.8. The molecule has 182 valence electrons. The monoisotopic (exact) mass is 483 g/mol. The van der Waals surface area contributed by atoms with Crippen LogP contribution in [-0.4, -0.2) is 47.4 Å². The molecule has 2 aliphatic heterocycles. The van der Waals surface area contributed by atoms with E-state index >= 15 is 0 Å². The maximum Gasteiger partial charge on any atom is 0.323 e. The van der Waals surface area contributed by atoms with Crippen LogP contribution in [0.2, 0.25) is 0 Å². The van der Waals surface area contributed by atoms with E-state index < -0.39 is 24.3 Å². The second-order valence-corrected chi connectivity index (χ2v) is 8.59. The number of carboxylic acid groups (broad SMARTS) is 1. The average Bonchev–Trinajstić information content (AvgIpc) is 2.89. The minimum absolute atomic E-state index is 0.102. The highest BCUT2D eigenvalue weighted by molar-refractivity contribution is 6.19. The lowest BCUT2D eigenvalue weighted by Crippen LogP contribution is -2.45. The Morgan fingerprint density at radius 2 is 1.56 bits per heavy atom. The summed E-state index contributed by atoms with van der Waals surface area (Å²) in [6, 6.07) is 14.9. The molecule has 1 fully saturated rings. The van der Waals surface area contributed by atoms with Gasteiger partial charge in [0.25, 0.3) is 17.5 Å². The van der Waals surface area contributed by atoms with Crippen molar-refractivity contribution in [3.05, 3.63) is 82.4 Å². The van der Waals surface area contributed by atoms with Crippen molar-refractivity contribution in [2.24, 2.45) is 10.2 Å². The molecule has 2 aromatic rings. The van der Waals surface area contributed by atoms with Crippen LogP contribution in [0.4, 0.5) is 17.1 Å². The van der Waals surface area contributed by atoms with Gasteiger partial charge in [0.2, 0.25) is 0 Å². The van der Waals surface area contributed by atoms with Gasteiger partial charge in [0.05, 0.1) is 17.9 Å². The Morgan fingerprint density at radius 1 is 0.972 bits per heavy atom. The minimum atomic E-state index is -1.34. The van der Waals surface area contributed by atoms with Crippen LogP contribution in [0.15, 0.2) is 75.6 Å². The van der Waals surface area contributed by atoms with Crippen LogP contribution in [0, 0.1) is 6.57 Å². The van der Waals surface area contributed by atoms with Gasteiger partial charge in [-0.2, -0.15) is 10.2 Å². The number of nitrogens with zero attached hydrogens (tertiary/aromatic N) is 5. The van der Waals surface area contributed by atoms with Crippen LogP contribution >= 0.6 is 0 Å². The average molecular weight is 484 g/mol. The first-order valence-electron chi connectivity index (χ1n) is 11.6. The van der Waals surface area contributed by atoms with Gasteiger partial charge >= 0.3 is 5.97 Å². The number of carbonyl (C=O) groups is 3. The summed E-state index contributed by atoms with van der Waals surface area (Å²) in [5, 5.41) is 17.6. The lowest BCUT2D eigenvalue weighted by molar-refractivity contribution is -0.149. The molecular weight excluding hydrogens is 458 g/mol. The summed E-state index contributed by atoms with van der Waals surface area (Å²) in [6.45, 7) is 10.1. The van der Waals surface area contributed by atoms with Gasteiger partial charge in [-0.05, 0) is 79.8 Å². The van der Waals surface area contributed by atoms with E-state index in [1.807, 2.05) is 12.1 Å². The predicted octanol–water partition coefficient (Wildman–Crippen LogP) is 5.12. The molecule has 2 aliphatic rings. The Bertz CT molecular complexity index is 1310. The van der Waals surface area contributed by atoms with Gasteiger partial charge < -0.3 is 10.0 Å². The normalized spacial score (nSPS) is 17.7. The van der Waals surface area contributed by atoms with Gasteiger partial charge in [0.1, 0.15) is 6.54 Å². The summed E-state index contributed by atoms with van der Waals surface area (Å²) in [5.74, 6) is -2.98. The van der Waals surface area contributed by atoms with Crippen molar-refractivity contribution in [3.63, 3.8) is 0 Å². The largest absolute Gasteiger partial charge is 0.480 e. The molecule has 0 aromatic heterocycles. The van der Waals surface area contributed by atoms with Crippen molar-refractivity contribution in [1.82, 2.24) is 4.90 Å². The fourth-order valence-electron chi connectivity index (χ4n) is 4.20. The number of piperidine rings is 1. The van der Waals surface area contributed by atoms with Crippen molar-refractivity contribution in [1.29, 1.82) is 0 Å². The van der Waals surface area contributed by atoms with Crippen molar-refractivity contribution in [2.75, 3.05) is 24.5 Å². The fraction of sp³-hybridized carbons (Fsp3) is 0.259. The first-order chi connectivity index (χ1) is 17.4. The molecule has 0 atom stereocenters. The molecule has 0 unspecified atom stereocenters. The summed E-state index contributed by atoms with van der Waals surface area (Å²) in [7, 11) is 0. The number of imide groups is 1. The highest BCUT2D eigenvalue weighted by Gasteiger charge is 2.36. The lowest BCUT2D eigenvalue weighted by atomic mass is 9.96. The molecule has 4 rings (SSSR count). The van der Waals surface area contributed by atoms with E-state index in [0.29, 0.717) is 16.2 Å². The van der Waals surface area contributed by atoms with Gasteiger partial charge in [0.15, 0.2) is 0 Å². The van der Waals surface area contributed by atoms with E-state index in [-0.39, 0.29) is 16.8 Å². The molecule has 0 aliphatic carbocycles. The predicted molar refractivity (Wildman–Crippen MR) is 135 cm³/mol. The summed E-state index contributed by atoms with van der Waals surface area (Å²) in [6.07, 6.45) is 5.26. The third-order valence-corrected chi connectivity index (χ3v) is 6.14. The molecule has 9 nitrogen and oxygen atoms in total. The summed E-state index contributed by atoms with van der Waals surface area (Å²) in [4.78, 5) is 42.4. The molecule has 2 heterocycles. The number of azo groups is 1. The van der Waals surface area contributed by atoms with Crippen molar-refractivity contribution >= 4 is 40.9 Å². The second kappa shape index (κ2) is 10.8. The van der Waals surface area contributed by atoms with Crippen LogP contribution in [0.3, 0.4) is 0 Å². The number of hydrogen-bond acceptors (Lipinski definition) is 6. The fourth-order valence-corrected chi connectivity index (χ4v) is 4.20. The summed E-state index contributed by atoms with van der Waals surface area (Å²) in [5.41, 5.74) is 3.24. The van der Waals surface area contributed by atoms with Crippen molar-refractivity contribution in [3.8, 4) is 0 Å². The van der Waals surface area contributed by atoms with Crippen molar-refractivity contribution in [2.45, 2.75) is 26.2 Å². The molecule has 1 N–H and O–H groups in total. The van der Waals surface area contributed by atoms with Gasteiger partial charge in [0, 0.05) is 24.4 Å². The lowest BCUT2D eigenvalue weighted by Gasteiger charge is -2.28. The van der Waals surface area contributed by atoms with Gasteiger partial charge in [-0.15, -0.1) is 0 Å². The molecule has 2 aromatic carbocycles. The molecule has 9 heteroatoms. The van der Waals surface area contributed by atoms with Gasteiger partial charge in [-0.3, -0.25) is 19.3 Å². The molecule has 0 spiro atoms. The highest BCUT2D eigenvalue weighted by Crippen LogP contribution is 2.29. The Hall–Kier alpha value is -4.58. The maximum absolute atomic E-state index is 12.8. The van der Waals surface area contributed by atoms with Crippen LogP contribution in [-0.2, 0) is 14.4 Å². The van der Waals surface area contributed by atoms with Crippen LogP contribution in [0.1, 0.15) is 31.7 Å². The number of carboxylic acids is 1. The molecule has 0 bridgehead atoms. The van der Waals surface area contributed by atoms with Crippen LogP contribution in [0.25, 0.3) is 10.9 Å².